The van der Waals surface area contributed by atoms with Crippen LogP contribution in [0.3, 0.4) is 0 Å². The number of benzene rings is 1. The Bertz CT molecular complexity index is 561. The Labute approximate surface area is 89.5 Å². The van der Waals surface area contributed by atoms with Crippen molar-refractivity contribution >= 4 is 22.4 Å². The van der Waals surface area contributed by atoms with Gasteiger partial charge < -0.3 is 5.32 Å². The molecule has 3 rings (SSSR count). The van der Waals surface area contributed by atoms with Crippen LogP contribution in [0.5, 0.6) is 0 Å². The van der Waals surface area contributed by atoms with Crippen molar-refractivity contribution in [3.8, 4) is 0 Å². The molecule has 16 heavy (non-hydrogen) atoms. The number of hydrogen-bond donors (Lipinski definition) is 1. The van der Waals surface area contributed by atoms with Crippen LogP contribution in [0.25, 0.3) is 11.0 Å². The first-order valence-electron chi connectivity index (χ1n) is 4.92. The third kappa shape index (κ3) is 1.37. The third-order valence-corrected chi connectivity index (χ3v) is 2.53. The van der Waals surface area contributed by atoms with Gasteiger partial charge in [0.1, 0.15) is 0 Å². The van der Waals surface area contributed by atoms with Crippen molar-refractivity contribution in [2.75, 3.05) is 5.32 Å². The topological polar surface area (TPSA) is 94.1 Å². The molecule has 7 heteroatoms. The molecule has 0 bridgehead atoms. The van der Waals surface area contributed by atoms with Crippen molar-refractivity contribution in [1.82, 2.24) is 10.3 Å². The van der Waals surface area contributed by atoms with Gasteiger partial charge in [-0.05, 0) is 29.2 Å². The lowest BCUT2D eigenvalue weighted by Crippen LogP contribution is -2.02. The van der Waals surface area contributed by atoms with E-state index in [9.17, 15) is 10.1 Å². The summed E-state index contributed by atoms with van der Waals surface area (Å²) in [6, 6.07) is 3.50. The van der Waals surface area contributed by atoms with Crippen LogP contribution in [0.1, 0.15) is 12.8 Å². The fourth-order valence-corrected chi connectivity index (χ4v) is 1.56. The second kappa shape index (κ2) is 3.16. The molecule has 0 amide bonds. The molecule has 0 radical (unpaired) electrons. The van der Waals surface area contributed by atoms with Crippen LogP contribution < -0.4 is 5.32 Å². The summed E-state index contributed by atoms with van der Waals surface area (Å²) in [5.41, 5.74) is 1.26. The summed E-state index contributed by atoms with van der Waals surface area (Å²) in [7, 11) is 0. The van der Waals surface area contributed by atoms with E-state index in [0.29, 0.717) is 11.6 Å². The number of aromatic nitrogens is 2. The molecule has 0 spiro atoms. The predicted octanol–water partition coefficient (Wildman–Crippen LogP) is 1.71. The number of nitrogens with one attached hydrogen (secondary N) is 1. The average Bonchev–Trinajstić information content (AvgIpc) is 2.93. The largest absolute Gasteiger partial charge is 0.380 e. The highest BCUT2D eigenvalue weighted by atomic mass is 16.6. The molecular formula is C9H8N4O3. The van der Waals surface area contributed by atoms with Gasteiger partial charge in [0, 0.05) is 12.1 Å². The standard InChI is InChI=1S/C9H8N4O3/c14-13(15)7-4-3-6(10-5-1-2-5)8-9(7)12-16-11-8/h3-5,10H,1-2H2. The predicted molar refractivity (Wildman–Crippen MR) is 55.1 cm³/mol. The zero-order chi connectivity index (χ0) is 11.1. The summed E-state index contributed by atoms with van der Waals surface area (Å²) < 4.78 is 4.55. The van der Waals surface area contributed by atoms with Crippen LogP contribution >= 0.6 is 0 Å². The Morgan fingerprint density at radius 1 is 1.38 bits per heavy atom. The van der Waals surface area contributed by atoms with Crippen LogP contribution in [0.2, 0.25) is 0 Å². The average molecular weight is 220 g/mol. The maximum Gasteiger partial charge on any atom is 0.300 e. The molecule has 1 heterocycles. The number of nitrogens with zero attached hydrogens (tertiary/aromatic N) is 3. The van der Waals surface area contributed by atoms with Gasteiger partial charge in [-0.2, -0.15) is 0 Å². The molecule has 1 saturated carbocycles. The van der Waals surface area contributed by atoms with Crippen molar-refractivity contribution < 1.29 is 9.55 Å². The van der Waals surface area contributed by atoms with Gasteiger partial charge in [0.2, 0.25) is 5.52 Å². The highest BCUT2D eigenvalue weighted by molar-refractivity contribution is 5.93. The SMILES string of the molecule is O=[N+]([O-])c1ccc(NC2CC2)c2nonc12. The van der Waals surface area contributed by atoms with Crippen LogP contribution in [-0.2, 0) is 0 Å². The van der Waals surface area contributed by atoms with E-state index >= 15 is 0 Å². The fourth-order valence-electron chi connectivity index (χ4n) is 1.56. The van der Waals surface area contributed by atoms with Gasteiger partial charge in [0.05, 0.1) is 10.6 Å². The number of non-ortho nitro benzene ring substituents is 1. The first kappa shape index (κ1) is 9.08. The zero-order valence-corrected chi connectivity index (χ0v) is 8.21. The summed E-state index contributed by atoms with van der Waals surface area (Å²) in [5, 5.41) is 21.2. The van der Waals surface area contributed by atoms with E-state index in [2.05, 4.69) is 20.3 Å². The molecule has 7 nitrogen and oxygen atoms in total. The van der Waals surface area contributed by atoms with Gasteiger partial charge in [-0.25, -0.2) is 4.63 Å². The van der Waals surface area contributed by atoms with E-state index in [1.807, 2.05) is 0 Å². The Morgan fingerprint density at radius 3 is 2.81 bits per heavy atom. The maximum atomic E-state index is 10.7. The Kier molecular flexibility index (Phi) is 1.79. The summed E-state index contributed by atoms with van der Waals surface area (Å²) in [4.78, 5) is 10.2. The monoisotopic (exact) mass is 220 g/mol. The van der Waals surface area contributed by atoms with E-state index < -0.39 is 4.92 Å². The van der Waals surface area contributed by atoms with E-state index in [-0.39, 0.29) is 11.2 Å². The molecule has 1 fully saturated rings. The minimum Gasteiger partial charge on any atom is -0.380 e. The molecule has 1 aromatic carbocycles. The first-order valence-corrected chi connectivity index (χ1v) is 4.92. The molecule has 0 atom stereocenters. The van der Waals surface area contributed by atoms with Crippen LogP contribution in [0.4, 0.5) is 11.4 Å². The number of fused-ring (bicyclic) bond motifs is 1. The van der Waals surface area contributed by atoms with Gasteiger partial charge in [-0.3, -0.25) is 10.1 Å². The Hall–Kier alpha value is -2.18. The lowest BCUT2D eigenvalue weighted by molar-refractivity contribution is -0.383. The highest BCUT2D eigenvalue weighted by Gasteiger charge is 2.25. The third-order valence-electron chi connectivity index (χ3n) is 2.53. The van der Waals surface area contributed by atoms with Crippen molar-refractivity contribution in [3.63, 3.8) is 0 Å². The molecule has 0 aliphatic heterocycles. The lowest BCUT2D eigenvalue weighted by atomic mass is 10.2. The summed E-state index contributed by atoms with van der Waals surface area (Å²) in [6.45, 7) is 0. The second-order valence-electron chi connectivity index (χ2n) is 3.77. The molecule has 1 aliphatic rings. The van der Waals surface area contributed by atoms with E-state index in [4.69, 9.17) is 0 Å². The summed E-state index contributed by atoms with van der Waals surface area (Å²) in [6.07, 6.45) is 2.23. The molecular weight excluding hydrogens is 212 g/mol. The maximum absolute atomic E-state index is 10.7. The number of rotatable bonds is 3. The normalized spacial score (nSPS) is 15.2. The van der Waals surface area contributed by atoms with Gasteiger partial charge in [0.15, 0.2) is 5.52 Å². The molecule has 2 aromatic rings. The van der Waals surface area contributed by atoms with E-state index in [0.717, 1.165) is 18.5 Å². The van der Waals surface area contributed by atoms with Crippen LogP contribution in [-0.4, -0.2) is 21.3 Å². The van der Waals surface area contributed by atoms with Crippen molar-refractivity contribution in [1.29, 1.82) is 0 Å². The van der Waals surface area contributed by atoms with Crippen molar-refractivity contribution in [2.24, 2.45) is 0 Å². The highest BCUT2D eigenvalue weighted by Crippen LogP contribution is 2.32. The molecule has 1 aromatic heterocycles. The number of nitro benzene ring substituents is 1. The van der Waals surface area contributed by atoms with Crippen molar-refractivity contribution in [3.05, 3.63) is 22.2 Å². The molecule has 82 valence electrons. The fraction of sp³-hybridized carbons (Fsp3) is 0.333. The van der Waals surface area contributed by atoms with Gasteiger partial charge in [-0.1, -0.05) is 0 Å². The summed E-state index contributed by atoms with van der Waals surface area (Å²) in [5.74, 6) is 0. The van der Waals surface area contributed by atoms with Gasteiger partial charge in [-0.15, -0.1) is 0 Å². The number of anilines is 1. The quantitative estimate of drug-likeness (QED) is 0.625. The Balaban J connectivity index is 2.13. The molecule has 1 aliphatic carbocycles. The number of nitro groups is 1. The molecule has 0 saturated heterocycles. The lowest BCUT2D eigenvalue weighted by Gasteiger charge is -2.03. The minimum atomic E-state index is -0.493. The number of hydrogen-bond acceptors (Lipinski definition) is 6. The smallest absolute Gasteiger partial charge is 0.300 e. The van der Waals surface area contributed by atoms with E-state index in [1.165, 1.54) is 6.07 Å². The minimum absolute atomic E-state index is 0.0856. The van der Waals surface area contributed by atoms with Crippen LogP contribution in [0.15, 0.2) is 16.8 Å². The van der Waals surface area contributed by atoms with Gasteiger partial charge >= 0.3 is 5.69 Å². The molecule has 1 N–H and O–H groups in total. The first-order chi connectivity index (χ1) is 7.75. The Morgan fingerprint density at radius 2 is 2.12 bits per heavy atom. The van der Waals surface area contributed by atoms with Gasteiger partial charge in [0.25, 0.3) is 0 Å². The molecule has 0 unspecified atom stereocenters. The van der Waals surface area contributed by atoms with Crippen LogP contribution in [0, 0.1) is 10.1 Å². The zero-order valence-electron chi connectivity index (χ0n) is 8.21. The second-order valence-corrected chi connectivity index (χ2v) is 3.77. The van der Waals surface area contributed by atoms with Crippen molar-refractivity contribution in [2.45, 2.75) is 18.9 Å². The van der Waals surface area contributed by atoms with E-state index in [1.54, 1.807) is 6.07 Å². The summed E-state index contributed by atoms with van der Waals surface area (Å²) >= 11 is 0.